The number of thiazole rings is 1. The molecular weight excluding hydrogens is 336 g/mol. The number of rotatable bonds is 4. The maximum atomic E-state index is 12.4. The molecule has 4 rings (SSSR count). The van der Waals surface area contributed by atoms with Crippen LogP contribution >= 0.6 is 11.3 Å². The Morgan fingerprint density at radius 2 is 1.92 bits per heavy atom. The van der Waals surface area contributed by atoms with Crippen LogP contribution in [0.15, 0.2) is 67.5 Å². The van der Waals surface area contributed by atoms with E-state index in [9.17, 15) is 4.79 Å². The Balaban J connectivity index is 1.48. The first kappa shape index (κ1) is 15.2. The Morgan fingerprint density at radius 1 is 1.04 bits per heavy atom. The van der Waals surface area contributed by atoms with E-state index in [0.717, 1.165) is 10.6 Å². The summed E-state index contributed by atoms with van der Waals surface area (Å²) < 4.78 is 1.54. The van der Waals surface area contributed by atoms with E-state index in [1.54, 1.807) is 35.5 Å². The topological polar surface area (TPSA) is 85.6 Å². The van der Waals surface area contributed by atoms with Crippen molar-refractivity contribution in [1.29, 1.82) is 0 Å². The molecule has 0 saturated carbocycles. The van der Waals surface area contributed by atoms with Crippen LogP contribution in [0, 0.1) is 0 Å². The molecule has 1 amide bonds. The van der Waals surface area contributed by atoms with Crippen LogP contribution in [0.3, 0.4) is 0 Å². The van der Waals surface area contributed by atoms with Crippen molar-refractivity contribution in [1.82, 2.24) is 24.7 Å². The van der Waals surface area contributed by atoms with Gasteiger partial charge in [-0.2, -0.15) is 5.10 Å². The average Bonchev–Trinajstić information content (AvgIpc) is 3.35. The van der Waals surface area contributed by atoms with Crippen molar-refractivity contribution in [2.24, 2.45) is 0 Å². The molecule has 0 bridgehead atoms. The van der Waals surface area contributed by atoms with Gasteiger partial charge in [-0.25, -0.2) is 19.6 Å². The molecular formula is C17H12N6OS. The smallest absolute Gasteiger partial charge is 0.267 e. The minimum Gasteiger partial charge on any atom is -0.320 e. The van der Waals surface area contributed by atoms with E-state index >= 15 is 0 Å². The summed E-state index contributed by atoms with van der Waals surface area (Å²) in [7, 11) is 0. The zero-order valence-electron chi connectivity index (χ0n) is 12.9. The summed E-state index contributed by atoms with van der Waals surface area (Å²) in [6.07, 6.45) is 6.15. The Bertz CT molecular complexity index is 980. The van der Waals surface area contributed by atoms with Gasteiger partial charge in [-0.1, -0.05) is 30.3 Å². The molecule has 7 nitrogen and oxygen atoms in total. The molecule has 0 unspecified atom stereocenters. The van der Waals surface area contributed by atoms with Gasteiger partial charge in [0.15, 0.2) is 5.82 Å². The lowest BCUT2D eigenvalue weighted by Crippen LogP contribution is -2.10. The van der Waals surface area contributed by atoms with Gasteiger partial charge in [0.1, 0.15) is 22.5 Å². The van der Waals surface area contributed by atoms with Crippen molar-refractivity contribution in [2.75, 3.05) is 5.32 Å². The molecule has 25 heavy (non-hydrogen) atoms. The number of amides is 1. The first-order chi connectivity index (χ1) is 12.3. The summed E-state index contributed by atoms with van der Waals surface area (Å²) in [5.74, 6) is 0.412. The third kappa shape index (κ3) is 3.29. The highest BCUT2D eigenvalue weighted by molar-refractivity contribution is 7.17. The predicted octanol–water partition coefficient (Wildman–Crippen LogP) is 3.04. The fourth-order valence-corrected chi connectivity index (χ4v) is 3.02. The van der Waals surface area contributed by atoms with Gasteiger partial charge in [0.25, 0.3) is 5.91 Å². The van der Waals surface area contributed by atoms with Gasteiger partial charge in [-0.3, -0.25) is 4.79 Å². The second kappa shape index (κ2) is 6.62. The van der Waals surface area contributed by atoms with Crippen LogP contribution in [0.1, 0.15) is 9.67 Å². The number of anilines is 1. The number of hydrogen-bond acceptors (Lipinski definition) is 6. The van der Waals surface area contributed by atoms with E-state index in [2.05, 4.69) is 25.4 Å². The number of carbonyl (C=O) groups excluding carboxylic acids is 1. The molecule has 0 atom stereocenters. The van der Waals surface area contributed by atoms with Gasteiger partial charge in [0.05, 0.1) is 18.1 Å². The molecule has 1 N–H and O–H groups in total. The van der Waals surface area contributed by atoms with Crippen molar-refractivity contribution in [2.45, 2.75) is 0 Å². The highest BCUT2D eigenvalue weighted by Crippen LogP contribution is 2.25. The molecule has 0 radical (unpaired) electrons. The SMILES string of the molecule is O=C(Nc1ccc(-n2cncn2)nc1)c1cnc(-c2ccccc2)s1. The van der Waals surface area contributed by atoms with Crippen LogP contribution in [0.4, 0.5) is 5.69 Å². The summed E-state index contributed by atoms with van der Waals surface area (Å²) in [5.41, 5.74) is 1.59. The quantitative estimate of drug-likeness (QED) is 0.613. The minimum atomic E-state index is -0.213. The van der Waals surface area contributed by atoms with Gasteiger partial charge < -0.3 is 5.32 Å². The van der Waals surface area contributed by atoms with Crippen LogP contribution in [0.25, 0.3) is 16.4 Å². The lowest BCUT2D eigenvalue weighted by atomic mass is 10.2. The molecule has 0 aliphatic rings. The molecule has 4 aromatic rings. The van der Waals surface area contributed by atoms with E-state index in [-0.39, 0.29) is 5.91 Å². The van der Waals surface area contributed by atoms with Crippen LogP contribution in [0.5, 0.6) is 0 Å². The lowest BCUT2D eigenvalue weighted by molar-refractivity contribution is 0.103. The van der Waals surface area contributed by atoms with Gasteiger partial charge in [-0.15, -0.1) is 11.3 Å². The van der Waals surface area contributed by atoms with Gasteiger partial charge in [0.2, 0.25) is 0 Å². The summed E-state index contributed by atoms with van der Waals surface area (Å²) in [6, 6.07) is 13.3. The Kier molecular flexibility index (Phi) is 4.01. The van der Waals surface area contributed by atoms with Crippen molar-refractivity contribution in [3.8, 4) is 16.4 Å². The first-order valence-electron chi connectivity index (χ1n) is 7.43. The normalized spacial score (nSPS) is 10.6. The molecule has 3 heterocycles. The van der Waals surface area contributed by atoms with Crippen LogP contribution in [0.2, 0.25) is 0 Å². The summed E-state index contributed by atoms with van der Waals surface area (Å²) in [5, 5.41) is 7.64. The Morgan fingerprint density at radius 3 is 2.64 bits per heavy atom. The number of benzene rings is 1. The van der Waals surface area contributed by atoms with E-state index in [4.69, 9.17) is 0 Å². The van der Waals surface area contributed by atoms with Crippen LogP contribution in [-0.4, -0.2) is 30.6 Å². The summed E-state index contributed by atoms with van der Waals surface area (Å²) >= 11 is 1.35. The fourth-order valence-electron chi connectivity index (χ4n) is 2.21. The van der Waals surface area contributed by atoms with Crippen LogP contribution in [-0.2, 0) is 0 Å². The second-order valence-corrected chi connectivity index (χ2v) is 6.13. The van der Waals surface area contributed by atoms with E-state index in [1.165, 1.54) is 17.7 Å². The summed E-state index contributed by atoms with van der Waals surface area (Å²) in [4.78, 5) is 25.4. The molecule has 122 valence electrons. The van der Waals surface area contributed by atoms with Crippen molar-refractivity contribution in [3.63, 3.8) is 0 Å². The Labute approximate surface area is 147 Å². The van der Waals surface area contributed by atoms with Crippen molar-refractivity contribution < 1.29 is 4.79 Å². The maximum absolute atomic E-state index is 12.4. The number of pyridine rings is 1. The van der Waals surface area contributed by atoms with E-state index < -0.39 is 0 Å². The molecule has 1 aromatic carbocycles. The molecule has 3 aromatic heterocycles. The lowest BCUT2D eigenvalue weighted by Gasteiger charge is -2.04. The average molecular weight is 348 g/mol. The zero-order chi connectivity index (χ0) is 17.1. The predicted molar refractivity (Wildman–Crippen MR) is 94.7 cm³/mol. The molecule has 8 heteroatoms. The molecule has 0 aliphatic carbocycles. The molecule has 0 aliphatic heterocycles. The van der Waals surface area contributed by atoms with Gasteiger partial charge >= 0.3 is 0 Å². The zero-order valence-corrected chi connectivity index (χ0v) is 13.7. The number of nitrogens with zero attached hydrogens (tertiary/aromatic N) is 5. The van der Waals surface area contributed by atoms with Gasteiger partial charge in [0, 0.05) is 5.56 Å². The molecule has 0 spiro atoms. The van der Waals surface area contributed by atoms with Crippen molar-refractivity contribution >= 4 is 22.9 Å². The largest absolute Gasteiger partial charge is 0.320 e. The number of aromatic nitrogens is 5. The first-order valence-corrected chi connectivity index (χ1v) is 8.25. The third-order valence-electron chi connectivity index (χ3n) is 3.41. The number of nitrogens with one attached hydrogen (secondary N) is 1. The van der Waals surface area contributed by atoms with Crippen LogP contribution < -0.4 is 5.32 Å². The minimum absolute atomic E-state index is 0.213. The van der Waals surface area contributed by atoms with Gasteiger partial charge in [-0.05, 0) is 12.1 Å². The maximum Gasteiger partial charge on any atom is 0.267 e. The van der Waals surface area contributed by atoms with E-state index in [0.29, 0.717) is 16.4 Å². The fraction of sp³-hybridized carbons (Fsp3) is 0. The second-order valence-electron chi connectivity index (χ2n) is 5.09. The van der Waals surface area contributed by atoms with E-state index in [1.807, 2.05) is 30.3 Å². The molecule has 0 saturated heterocycles. The third-order valence-corrected chi connectivity index (χ3v) is 4.45. The summed E-state index contributed by atoms with van der Waals surface area (Å²) in [6.45, 7) is 0. The standard InChI is InChI=1S/C17H12N6OS/c24-16(14-9-20-17(25-14)12-4-2-1-3-5-12)22-13-6-7-15(19-8-13)23-11-18-10-21-23/h1-11H,(H,22,24). The monoisotopic (exact) mass is 348 g/mol. The number of hydrogen-bond donors (Lipinski definition) is 1. The molecule has 0 fully saturated rings. The Hall–Kier alpha value is -3.39. The van der Waals surface area contributed by atoms with Crippen molar-refractivity contribution in [3.05, 3.63) is 72.4 Å². The highest BCUT2D eigenvalue weighted by Gasteiger charge is 2.12. The highest BCUT2D eigenvalue weighted by atomic mass is 32.1. The number of carbonyl (C=O) groups is 1.